The van der Waals surface area contributed by atoms with Gasteiger partial charge in [-0.05, 0) is 18.6 Å². The van der Waals surface area contributed by atoms with Crippen LogP contribution in [0.5, 0.6) is 0 Å². The summed E-state index contributed by atoms with van der Waals surface area (Å²) >= 11 is 0. The summed E-state index contributed by atoms with van der Waals surface area (Å²) in [6.07, 6.45) is 0.868. The highest BCUT2D eigenvalue weighted by Gasteiger charge is 2.24. The third kappa shape index (κ3) is 6.21. The van der Waals surface area contributed by atoms with Gasteiger partial charge in [0, 0.05) is 31.4 Å². The van der Waals surface area contributed by atoms with E-state index >= 15 is 0 Å². The van der Waals surface area contributed by atoms with Crippen LogP contribution in [-0.4, -0.2) is 74.5 Å². The average Bonchev–Trinajstić information content (AvgIpc) is 2.67. The number of nitro benzene ring substituents is 1. The fourth-order valence-electron chi connectivity index (χ4n) is 3.02. The van der Waals surface area contributed by atoms with Gasteiger partial charge in [0.05, 0.1) is 37.6 Å². The number of hydrogen-bond donors (Lipinski definition) is 2. The third-order valence-electron chi connectivity index (χ3n) is 4.68. The summed E-state index contributed by atoms with van der Waals surface area (Å²) in [6, 6.07) is 6.54. The molecule has 1 aromatic rings. The number of non-ortho nitro benzene ring substituents is 1. The molecule has 2 N–H and O–H groups in total. The van der Waals surface area contributed by atoms with Crippen LogP contribution in [0.3, 0.4) is 0 Å². The molecule has 1 fully saturated rings. The molecule has 2 rings (SSSR count). The summed E-state index contributed by atoms with van der Waals surface area (Å²) in [5.41, 5.74) is 1.04. The average molecular weight is 378 g/mol. The van der Waals surface area contributed by atoms with Gasteiger partial charge in [-0.25, -0.2) is 0 Å². The molecule has 0 aromatic heterocycles. The van der Waals surface area contributed by atoms with Crippen molar-refractivity contribution in [2.75, 3.05) is 57.8 Å². The molecule has 1 aromatic carbocycles. The minimum absolute atomic E-state index is 0.0413. The van der Waals surface area contributed by atoms with Gasteiger partial charge in [-0.3, -0.25) is 19.7 Å². The summed E-state index contributed by atoms with van der Waals surface area (Å²) in [5, 5.41) is 13.5. The Morgan fingerprint density at radius 3 is 2.44 bits per heavy atom. The highest BCUT2D eigenvalue weighted by Crippen LogP contribution is 2.19. The van der Waals surface area contributed by atoms with Crippen LogP contribution in [0.15, 0.2) is 24.3 Å². The number of carbonyl (C=O) groups excluding carboxylic acids is 2. The third-order valence-corrected chi connectivity index (χ3v) is 4.68. The molecular formula is C18H28N5O4+. The Kier molecular flexibility index (Phi) is 7.54. The maximum atomic E-state index is 12.3. The van der Waals surface area contributed by atoms with Crippen LogP contribution in [-0.2, 0) is 9.59 Å². The first-order chi connectivity index (χ1) is 12.9. The molecule has 1 aliphatic heterocycles. The number of anilines is 1. The van der Waals surface area contributed by atoms with Crippen LogP contribution < -0.4 is 15.1 Å². The lowest BCUT2D eigenvalue weighted by molar-refractivity contribution is -0.892. The maximum absolute atomic E-state index is 12.3. The van der Waals surface area contributed by atoms with Crippen LogP contribution in [0.2, 0.25) is 0 Å². The second kappa shape index (κ2) is 9.86. The van der Waals surface area contributed by atoms with Gasteiger partial charge in [0.2, 0.25) is 5.91 Å². The molecule has 0 aliphatic carbocycles. The van der Waals surface area contributed by atoms with E-state index in [1.165, 1.54) is 21.9 Å². The van der Waals surface area contributed by atoms with Gasteiger partial charge in [0.25, 0.3) is 11.6 Å². The molecule has 0 saturated carbocycles. The van der Waals surface area contributed by atoms with Crippen LogP contribution in [0.1, 0.15) is 13.3 Å². The van der Waals surface area contributed by atoms with Crippen molar-refractivity contribution in [2.45, 2.75) is 13.3 Å². The van der Waals surface area contributed by atoms with E-state index in [0.29, 0.717) is 13.1 Å². The van der Waals surface area contributed by atoms with E-state index in [4.69, 9.17) is 0 Å². The van der Waals surface area contributed by atoms with E-state index in [-0.39, 0.29) is 24.0 Å². The van der Waals surface area contributed by atoms with Crippen molar-refractivity contribution in [1.29, 1.82) is 0 Å². The first kappa shape index (κ1) is 20.6. The zero-order valence-electron chi connectivity index (χ0n) is 15.9. The largest absolute Gasteiger partial charge is 0.360 e. The number of carbonyl (C=O) groups is 2. The first-order valence-corrected chi connectivity index (χ1v) is 9.24. The minimum Gasteiger partial charge on any atom is -0.360 e. The molecule has 9 nitrogen and oxygen atoms in total. The molecule has 0 unspecified atom stereocenters. The fourth-order valence-corrected chi connectivity index (χ4v) is 3.02. The van der Waals surface area contributed by atoms with Crippen molar-refractivity contribution >= 4 is 23.2 Å². The summed E-state index contributed by atoms with van der Waals surface area (Å²) in [6.45, 7) is 6.22. The van der Waals surface area contributed by atoms with Gasteiger partial charge in [-0.15, -0.1) is 0 Å². The number of amides is 2. The smallest absolute Gasteiger partial charge is 0.277 e. The molecule has 2 amide bonds. The monoisotopic (exact) mass is 378 g/mol. The summed E-state index contributed by atoms with van der Waals surface area (Å²) in [7, 11) is 1.65. The number of likely N-dealkylation sites (N-methyl/N-ethyl adjacent to an activating group) is 1. The number of rotatable bonds is 8. The van der Waals surface area contributed by atoms with Crippen molar-refractivity contribution in [3.05, 3.63) is 34.4 Å². The highest BCUT2D eigenvalue weighted by molar-refractivity contribution is 5.84. The highest BCUT2D eigenvalue weighted by atomic mass is 16.6. The zero-order valence-corrected chi connectivity index (χ0v) is 15.9. The van der Waals surface area contributed by atoms with Gasteiger partial charge < -0.3 is 20.0 Å². The van der Waals surface area contributed by atoms with Crippen molar-refractivity contribution in [3.63, 3.8) is 0 Å². The Morgan fingerprint density at radius 2 is 1.89 bits per heavy atom. The molecule has 0 radical (unpaired) electrons. The number of nitro groups is 1. The van der Waals surface area contributed by atoms with Crippen molar-refractivity contribution in [2.24, 2.45) is 0 Å². The number of nitrogens with zero attached hydrogens (tertiary/aromatic N) is 3. The SMILES string of the molecule is CCCNC(=O)CN(C)C(=O)C[NH+]1CCN(c2ccc([N+](=O)[O-])cc2)CC1. The molecule has 27 heavy (non-hydrogen) atoms. The van der Waals surface area contributed by atoms with Crippen molar-refractivity contribution in [3.8, 4) is 0 Å². The van der Waals surface area contributed by atoms with E-state index < -0.39 is 4.92 Å². The molecular weight excluding hydrogens is 350 g/mol. The lowest BCUT2D eigenvalue weighted by Crippen LogP contribution is -3.15. The standard InChI is InChI=1S/C18H27N5O4/c1-3-8-19-17(24)13-20(2)18(25)14-21-9-11-22(12-10-21)15-4-6-16(7-5-15)23(26)27/h4-7H,3,8-14H2,1-2H3,(H,19,24)/p+1. The Labute approximate surface area is 159 Å². The number of benzene rings is 1. The fraction of sp³-hybridized carbons (Fsp3) is 0.556. The molecule has 0 atom stereocenters. The van der Waals surface area contributed by atoms with Crippen molar-refractivity contribution < 1.29 is 19.4 Å². The van der Waals surface area contributed by atoms with E-state index in [1.54, 1.807) is 19.2 Å². The Balaban J connectivity index is 1.77. The Bertz CT molecular complexity index is 656. The van der Waals surface area contributed by atoms with Gasteiger partial charge in [0.15, 0.2) is 6.54 Å². The molecule has 0 bridgehead atoms. The number of nitrogens with one attached hydrogen (secondary N) is 2. The van der Waals surface area contributed by atoms with Gasteiger partial charge in [-0.2, -0.15) is 0 Å². The van der Waals surface area contributed by atoms with E-state index in [9.17, 15) is 19.7 Å². The topological polar surface area (TPSA) is 100 Å². The molecule has 1 saturated heterocycles. The molecule has 148 valence electrons. The first-order valence-electron chi connectivity index (χ1n) is 9.24. The molecule has 1 heterocycles. The lowest BCUT2D eigenvalue weighted by atomic mass is 10.2. The molecule has 1 aliphatic rings. The van der Waals surface area contributed by atoms with Gasteiger partial charge in [-0.1, -0.05) is 6.92 Å². The second-order valence-electron chi connectivity index (χ2n) is 6.79. The molecule has 9 heteroatoms. The minimum atomic E-state index is -0.406. The Hall–Kier alpha value is -2.68. The van der Waals surface area contributed by atoms with Gasteiger partial charge >= 0.3 is 0 Å². The number of hydrogen-bond acceptors (Lipinski definition) is 5. The second-order valence-corrected chi connectivity index (χ2v) is 6.79. The van der Waals surface area contributed by atoms with E-state index in [2.05, 4.69) is 10.2 Å². The molecule has 0 spiro atoms. The normalized spacial score (nSPS) is 14.7. The van der Waals surface area contributed by atoms with E-state index in [0.717, 1.165) is 38.3 Å². The Morgan fingerprint density at radius 1 is 1.26 bits per heavy atom. The maximum Gasteiger partial charge on any atom is 0.277 e. The quantitative estimate of drug-likeness (QED) is 0.460. The van der Waals surface area contributed by atoms with Crippen LogP contribution in [0.25, 0.3) is 0 Å². The summed E-state index contributed by atoms with van der Waals surface area (Å²) < 4.78 is 0. The summed E-state index contributed by atoms with van der Waals surface area (Å²) in [4.78, 5) is 39.2. The number of piperazine rings is 1. The predicted octanol–water partition coefficient (Wildman–Crippen LogP) is -0.716. The van der Waals surface area contributed by atoms with Crippen LogP contribution in [0.4, 0.5) is 11.4 Å². The lowest BCUT2D eigenvalue weighted by Gasteiger charge is -2.33. The van der Waals surface area contributed by atoms with Crippen LogP contribution in [0, 0.1) is 10.1 Å². The van der Waals surface area contributed by atoms with E-state index in [1.807, 2.05) is 6.92 Å². The zero-order chi connectivity index (χ0) is 19.8. The number of quaternary nitrogens is 1. The summed E-state index contributed by atoms with van der Waals surface area (Å²) in [5.74, 6) is -0.175. The van der Waals surface area contributed by atoms with Crippen molar-refractivity contribution in [1.82, 2.24) is 10.2 Å². The predicted molar refractivity (Wildman–Crippen MR) is 102 cm³/mol. The van der Waals surface area contributed by atoms with Crippen LogP contribution >= 0.6 is 0 Å². The van der Waals surface area contributed by atoms with Gasteiger partial charge in [0.1, 0.15) is 0 Å².